The number of carbonyl (C=O) groups is 2. The maximum absolute atomic E-state index is 13.6. The van der Waals surface area contributed by atoms with Gasteiger partial charge in [-0.3, -0.25) is 14.7 Å². The molecule has 1 aliphatic carbocycles. The second kappa shape index (κ2) is 8.18. The minimum Gasteiger partial charge on any atom is -0.481 e. The highest BCUT2D eigenvalue weighted by molar-refractivity contribution is 6.34. The molecule has 1 aromatic heterocycles. The monoisotopic (exact) mass is 455 g/mol. The Bertz CT molecular complexity index is 1010. The topological polar surface area (TPSA) is 86.3 Å². The van der Waals surface area contributed by atoms with Crippen molar-refractivity contribution in [2.45, 2.75) is 44.2 Å². The van der Waals surface area contributed by atoms with E-state index in [0.717, 1.165) is 11.8 Å². The SMILES string of the molecule is O=C(O)C1CCN(c2n[nH]c3c2C(C(=O)c2c(Cl)cccc2C(F)(F)F)CCC3)CC1. The van der Waals surface area contributed by atoms with Gasteiger partial charge in [-0.25, -0.2) is 0 Å². The number of aliphatic carboxylic acids is 1. The molecule has 4 rings (SSSR count). The van der Waals surface area contributed by atoms with Gasteiger partial charge in [0.1, 0.15) is 0 Å². The zero-order valence-electron chi connectivity index (χ0n) is 16.5. The van der Waals surface area contributed by atoms with Crippen LogP contribution in [0.4, 0.5) is 19.0 Å². The van der Waals surface area contributed by atoms with Crippen molar-refractivity contribution in [2.75, 3.05) is 18.0 Å². The third-order valence-corrected chi connectivity index (χ3v) is 6.47. The number of ketones is 1. The number of fused-ring (bicyclic) bond motifs is 1. The summed E-state index contributed by atoms with van der Waals surface area (Å²) in [6.45, 7) is 0.907. The number of carboxylic acids is 1. The Morgan fingerprint density at radius 2 is 1.90 bits per heavy atom. The van der Waals surface area contributed by atoms with E-state index in [-0.39, 0.29) is 5.02 Å². The van der Waals surface area contributed by atoms with Crippen LogP contribution < -0.4 is 4.90 Å². The molecule has 2 aliphatic rings. The van der Waals surface area contributed by atoms with Crippen LogP contribution in [0, 0.1) is 5.92 Å². The Balaban J connectivity index is 1.70. The quantitative estimate of drug-likeness (QED) is 0.653. The molecule has 1 aliphatic heterocycles. The lowest BCUT2D eigenvalue weighted by Gasteiger charge is -2.33. The fourth-order valence-corrected chi connectivity index (χ4v) is 4.85. The molecule has 0 bridgehead atoms. The number of H-pyrrole nitrogens is 1. The number of hydrogen-bond donors (Lipinski definition) is 2. The molecule has 2 heterocycles. The van der Waals surface area contributed by atoms with Crippen LogP contribution in [0.2, 0.25) is 5.02 Å². The molecule has 1 saturated heterocycles. The van der Waals surface area contributed by atoms with Crippen LogP contribution in [-0.4, -0.2) is 40.1 Å². The number of aromatic nitrogens is 2. The number of nitrogens with zero attached hydrogens (tertiary/aromatic N) is 2. The number of benzene rings is 1. The molecule has 1 aromatic carbocycles. The fourth-order valence-electron chi connectivity index (χ4n) is 4.59. The lowest BCUT2D eigenvalue weighted by Crippen LogP contribution is -2.37. The van der Waals surface area contributed by atoms with Gasteiger partial charge >= 0.3 is 12.1 Å². The second-order valence-electron chi connectivity index (χ2n) is 8.01. The van der Waals surface area contributed by atoms with Crippen molar-refractivity contribution in [1.82, 2.24) is 10.2 Å². The first kappa shape index (κ1) is 21.7. The zero-order chi connectivity index (χ0) is 22.3. The first-order valence-electron chi connectivity index (χ1n) is 10.1. The van der Waals surface area contributed by atoms with E-state index in [1.165, 1.54) is 12.1 Å². The number of carboxylic acid groups (broad SMARTS) is 1. The molecule has 0 amide bonds. The van der Waals surface area contributed by atoms with Gasteiger partial charge in [0.25, 0.3) is 0 Å². The van der Waals surface area contributed by atoms with E-state index < -0.39 is 40.9 Å². The Morgan fingerprint density at radius 3 is 2.55 bits per heavy atom. The minimum absolute atomic E-state index is 0.223. The summed E-state index contributed by atoms with van der Waals surface area (Å²) >= 11 is 6.07. The first-order chi connectivity index (χ1) is 14.7. The molecule has 1 unspecified atom stereocenters. The molecule has 1 atom stereocenters. The van der Waals surface area contributed by atoms with E-state index in [4.69, 9.17) is 11.6 Å². The summed E-state index contributed by atoms with van der Waals surface area (Å²) in [5.74, 6) is -2.20. The molecule has 31 heavy (non-hydrogen) atoms. The number of aromatic amines is 1. The number of hydrogen-bond acceptors (Lipinski definition) is 4. The van der Waals surface area contributed by atoms with Crippen molar-refractivity contribution >= 4 is 29.2 Å². The van der Waals surface area contributed by atoms with Crippen LogP contribution in [0.15, 0.2) is 18.2 Å². The molecule has 166 valence electrons. The van der Waals surface area contributed by atoms with Crippen molar-refractivity contribution in [1.29, 1.82) is 0 Å². The van der Waals surface area contributed by atoms with Gasteiger partial charge < -0.3 is 10.0 Å². The van der Waals surface area contributed by atoms with E-state index >= 15 is 0 Å². The van der Waals surface area contributed by atoms with Crippen molar-refractivity contribution in [2.24, 2.45) is 5.92 Å². The van der Waals surface area contributed by atoms with Crippen LogP contribution in [0.5, 0.6) is 0 Å². The largest absolute Gasteiger partial charge is 0.481 e. The van der Waals surface area contributed by atoms with Crippen LogP contribution >= 0.6 is 11.6 Å². The Kier molecular flexibility index (Phi) is 5.72. The summed E-state index contributed by atoms with van der Waals surface area (Å²) in [5.41, 5.74) is -0.200. The van der Waals surface area contributed by atoms with Gasteiger partial charge in [-0.15, -0.1) is 0 Å². The number of halogens is 4. The molecule has 0 saturated carbocycles. The fraction of sp³-hybridized carbons (Fsp3) is 0.476. The van der Waals surface area contributed by atoms with Crippen molar-refractivity contribution in [3.63, 3.8) is 0 Å². The van der Waals surface area contributed by atoms with Crippen molar-refractivity contribution in [3.05, 3.63) is 45.6 Å². The Morgan fingerprint density at radius 1 is 1.19 bits per heavy atom. The summed E-state index contributed by atoms with van der Waals surface area (Å²) in [7, 11) is 0. The van der Waals surface area contributed by atoms with Gasteiger partial charge in [0, 0.05) is 29.9 Å². The summed E-state index contributed by atoms with van der Waals surface area (Å²) in [5, 5.41) is 16.3. The molecule has 2 N–H and O–H groups in total. The van der Waals surface area contributed by atoms with Crippen LogP contribution in [0.1, 0.15) is 58.8 Å². The van der Waals surface area contributed by atoms with E-state index in [9.17, 15) is 27.9 Å². The zero-order valence-corrected chi connectivity index (χ0v) is 17.3. The van der Waals surface area contributed by atoms with Crippen LogP contribution in [0.3, 0.4) is 0 Å². The molecular weight excluding hydrogens is 435 g/mol. The third-order valence-electron chi connectivity index (χ3n) is 6.16. The molecule has 1 fully saturated rings. The van der Waals surface area contributed by atoms with Gasteiger partial charge in [0.05, 0.1) is 22.4 Å². The normalized spacial score (nSPS) is 19.9. The van der Waals surface area contributed by atoms with Gasteiger partial charge in [-0.1, -0.05) is 17.7 Å². The number of nitrogens with one attached hydrogen (secondary N) is 1. The van der Waals surface area contributed by atoms with Gasteiger partial charge in [-0.2, -0.15) is 18.3 Å². The standard InChI is InChI=1S/C21H21ClF3N3O3/c22-14-5-2-4-13(21(23,24)25)17(14)18(29)12-3-1-6-15-16(12)19(27-26-15)28-9-7-11(8-10-28)20(30)31/h2,4-5,11-12H,1,3,6-10H2,(H,26,27)(H,30,31). The molecular formula is C21H21ClF3N3O3. The second-order valence-corrected chi connectivity index (χ2v) is 8.42. The molecule has 10 heteroatoms. The first-order valence-corrected chi connectivity index (χ1v) is 10.5. The van der Waals surface area contributed by atoms with E-state index in [1.54, 1.807) is 0 Å². The third kappa shape index (κ3) is 4.03. The maximum atomic E-state index is 13.6. The van der Waals surface area contributed by atoms with E-state index in [2.05, 4.69) is 10.2 Å². The number of rotatable bonds is 4. The summed E-state index contributed by atoms with van der Waals surface area (Å²) in [6, 6.07) is 3.35. The highest BCUT2D eigenvalue weighted by Crippen LogP contribution is 2.43. The summed E-state index contributed by atoms with van der Waals surface area (Å²) in [4.78, 5) is 26.6. The predicted octanol–water partition coefficient (Wildman–Crippen LogP) is 4.69. The average Bonchev–Trinajstić information content (AvgIpc) is 3.17. The van der Waals surface area contributed by atoms with E-state index in [0.29, 0.717) is 56.6 Å². The number of Topliss-reactive ketones (excluding diaryl/α,β-unsaturated/α-hetero) is 1. The Hall–Kier alpha value is -2.55. The number of carbonyl (C=O) groups excluding carboxylic acids is 1. The highest BCUT2D eigenvalue weighted by Gasteiger charge is 2.41. The molecule has 6 nitrogen and oxygen atoms in total. The van der Waals surface area contributed by atoms with Crippen molar-refractivity contribution in [3.8, 4) is 0 Å². The number of alkyl halides is 3. The van der Waals surface area contributed by atoms with Crippen molar-refractivity contribution < 1.29 is 27.9 Å². The number of piperidine rings is 1. The molecule has 0 spiro atoms. The summed E-state index contributed by atoms with van der Waals surface area (Å²) < 4.78 is 40.7. The van der Waals surface area contributed by atoms with Crippen LogP contribution in [-0.2, 0) is 17.4 Å². The lowest BCUT2D eigenvalue weighted by atomic mass is 9.80. The lowest BCUT2D eigenvalue weighted by molar-refractivity contribution is -0.142. The smallest absolute Gasteiger partial charge is 0.417 e. The average molecular weight is 456 g/mol. The summed E-state index contributed by atoms with van der Waals surface area (Å²) in [6.07, 6.45) is -2.14. The van der Waals surface area contributed by atoms with E-state index in [1.807, 2.05) is 4.90 Å². The van der Waals surface area contributed by atoms with Gasteiger partial charge in [-0.05, 0) is 44.2 Å². The van der Waals surface area contributed by atoms with Gasteiger partial charge in [0.15, 0.2) is 11.6 Å². The highest BCUT2D eigenvalue weighted by atomic mass is 35.5. The molecule has 2 aromatic rings. The maximum Gasteiger partial charge on any atom is 0.417 e. The Labute approximate surface area is 181 Å². The number of anilines is 1. The number of aryl methyl sites for hydroxylation is 1. The van der Waals surface area contributed by atoms with Crippen LogP contribution in [0.25, 0.3) is 0 Å². The minimum atomic E-state index is -4.70. The predicted molar refractivity (Wildman–Crippen MR) is 108 cm³/mol. The molecule has 0 radical (unpaired) electrons. The van der Waals surface area contributed by atoms with Gasteiger partial charge in [0.2, 0.25) is 0 Å².